The van der Waals surface area contributed by atoms with E-state index in [2.05, 4.69) is 50.3 Å². The molecule has 1 aliphatic heterocycles. The van der Waals surface area contributed by atoms with Gasteiger partial charge >= 0.3 is 45.5 Å². The molecule has 0 atom stereocenters. The Labute approximate surface area is 136 Å². The van der Waals surface area contributed by atoms with E-state index in [1.807, 2.05) is 0 Å². The van der Waals surface area contributed by atoms with Crippen molar-refractivity contribution in [1.29, 1.82) is 0 Å². The molecule has 0 unspecified atom stereocenters. The van der Waals surface area contributed by atoms with E-state index in [4.69, 9.17) is 0 Å². The standard InChI is InChI=1S/C7H19Si2.C4H8N.Sr/c1-8(2,3)7-9(4,5)6;1-2-4-5-3-1;/h7H,1-6H3;1-4H2;/q2*-1;+2. The summed E-state index contributed by atoms with van der Waals surface area (Å²) in [6.45, 7) is 16.7. The van der Waals surface area contributed by atoms with E-state index < -0.39 is 16.1 Å². The van der Waals surface area contributed by atoms with Crippen LogP contribution in [-0.4, -0.2) is 74.7 Å². The van der Waals surface area contributed by atoms with E-state index >= 15 is 0 Å². The third-order valence-corrected chi connectivity index (χ3v) is 8.68. The van der Waals surface area contributed by atoms with Gasteiger partial charge in [-0.2, -0.15) is 0 Å². The second-order valence-corrected chi connectivity index (χ2v) is 16.9. The van der Waals surface area contributed by atoms with Crippen LogP contribution >= 0.6 is 0 Å². The molecule has 0 bridgehead atoms. The zero-order valence-corrected chi connectivity index (χ0v) is 17.0. The van der Waals surface area contributed by atoms with Crippen LogP contribution in [0.5, 0.6) is 0 Å². The monoisotopic (exact) mass is 317 g/mol. The third-order valence-electron chi connectivity index (χ3n) is 1.75. The molecule has 1 heterocycles. The predicted octanol–water partition coefficient (Wildman–Crippen LogP) is 3.72. The van der Waals surface area contributed by atoms with Gasteiger partial charge in [-0.25, -0.2) is 0 Å². The molecule has 0 amide bonds. The van der Waals surface area contributed by atoms with Crippen molar-refractivity contribution >= 4 is 61.6 Å². The maximum Gasteiger partial charge on any atom is 2.00 e. The summed E-state index contributed by atoms with van der Waals surface area (Å²) in [6.07, 6.45) is 2.67. The second-order valence-electron chi connectivity index (χ2n) is 6.25. The Morgan fingerprint density at radius 3 is 1.20 bits per heavy atom. The first-order valence-electron chi connectivity index (χ1n) is 5.71. The molecule has 1 nitrogen and oxygen atoms in total. The molecule has 0 aromatic carbocycles. The van der Waals surface area contributed by atoms with Crippen molar-refractivity contribution in [3.63, 3.8) is 0 Å². The maximum absolute atomic E-state index is 4.08. The van der Waals surface area contributed by atoms with Crippen LogP contribution in [-0.2, 0) is 0 Å². The van der Waals surface area contributed by atoms with Crippen LogP contribution in [0.3, 0.4) is 0 Å². The van der Waals surface area contributed by atoms with Gasteiger partial charge in [-0.3, -0.25) is 0 Å². The zero-order valence-electron chi connectivity index (χ0n) is 11.6. The van der Waals surface area contributed by atoms with Gasteiger partial charge in [0.1, 0.15) is 0 Å². The van der Waals surface area contributed by atoms with Crippen molar-refractivity contribution in [2.75, 3.05) is 13.1 Å². The van der Waals surface area contributed by atoms with Gasteiger partial charge in [0.15, 0.2) is 0 Å². The van der Waals surface area contributed by atoms with E-state index in [1.165, 1.54) is 12.8 Å². The van der Waals surface area contributed by atoms with Crippen molar-refractivity contribution in [3.05, 3.63) is 11.0 Å². The number of hydrogen-bond donors (Lipinski definition) is 0. The van der Waals surface area contributed by atoms with Crippen LogP contribution in [0.2, 0.25) is 39.3 Å². The minimum Gasteiger partial charge on any atom is -0.662 e. The summed E-state index contributed by atoms with van der Waals surface area (Å²) < 4.78 is 0. The van der Waals surface area contributed by atoms with Crippen LogP contribution < -0.4 is 0 Å². The number of rotatable bonds is 2. The molecule has 1 fully saturated rings. The van der Waals surface area contributed by atoms with Crippen LogP contribution in [0, 0.1) is 5.67 Å². The van der Waals surface area contributed by atoms with E-state index in [9.17, 15) is 0 Å². The van der Waals surface area contributed by atoms with Gasteiger partial charge in [0.2, 0.25) is 0 Å². The van der Waals surface area contributed by atoms with E-state index in [0.29, 0.717) is 0 Å². The second kappa shape index (κ2) is 8.89. The summed E-state index contributed by atoms with van der Waals surface area (Å²) in [5.41, 5.74) is 2.65. The quantitative estimate of drug-likeness (QED) is 0.544. The summed E-state index contributed by atoms with van der Waals surface area (Å²) in [7, 11) is -1.71. The van der Waals surface area contributed by atoms with Crippen molar-refractivity contribution in [3.8, 4) is 0 Å². The third kappa shape index (κ3) is 18.4. The smallest absolute Gasteiger partial charge is 0.662 e. The fourth-order valence-electron chi connectivity index (χ4n) is 1.86. The van der Waals surface area contributed by atoms with E-state index in [1.54, 1.807) is 0 Å². The summed E-state index contributed by atoms with van der Waals surface area (Å²) in [4.78, 5) is 0. The van der Waals surface area contributed by atoms with Crippen molar-refractivity contribution < 1.29 is 0 Å². The molecule has 1 aliphatic rings. The van der Waals surface area contributed by atoms with Gasteiger partial charge in [-0.05, 0) is 0 Å². The van der Waals surface area contributed by atoms with Gasteiger partial charge in [0.25, 0.3) is 0 Å². The van der Waals surface area contributed by atoms with Crippen LogP contribution in [0.15, 0.2) is 0 Å². The molecule has 0 N–H and O–H groups in total. The van der Waals surface area contributed by atoms with Crippen LogP contribution in [0.25, 0.3) is 5.32 Å². The first kappa shape index (κ1) is 19.2. The van der Waals surface area contributed by atoms with Gasteiger partial charge in [-0.1, -0.05) is 52.1 Å². The Kier molecular flexibility index (Phi) is 11.4. The molecule has 4 heteroatoms. The Morgan fingerprint density at radius 1 is 0.800 bits per heavy atom. The Balaban J connectivity index is 0. The summed E-state index contributed by atoms with van der Waals surface area (Å²) in [5, 5.41) is 4.08. The zero-order chi connectivity index (χ0) is 11.2. The molecule has 0 aromatic heterocycles. The molecule has 0 saturated carbocycles. The average molecular weight is 317 g/mol. The average Bonchev–Trinajstić information content (AvgIpc) is 2.29. The fourth-order valence-corrected chi connectivity index (χ4v) is 12.3. The van der Waals surface area contributed by atoms with Crippen LogP contribution in [0.4, 0.5) is 0 Å². The van der Waals surface area contributed by atoms with Crippen molar-refractivity contribution in [1.82, 2.24) is 0 Å². The van der Waals surface area contributed by atoms with E-state index in [-0.39, 0.29) is 45.5 Å². The summed E-state index contributed by atoms with van der Waals surface area (Å²) in [6, 6.07) is 0. The molecule has 1 saturated heterocycles. The van der Waals surface area contributed by atoms with Gasteiger partial charge in [0.05, 0.1) is 0 Å². The SMILES string of the molecule is C1CC[N-]C1.C[Si](C)(C)[CH-][Si](C)(C)C.[Sr+2]. The van der Waals surface area contributed by atoms with Gasteiger partial charge < -0.3 is 11.0 Å². The molecule has 15 heavy (non-hydrogen) atoms. The predicted molar refractivity (Wildman–Crippen MR) is 79.1 cm³/mol. The minimum atomic E-state index is -0.856. The molecule has 86 valence electrons. The van der Waals surface area contributed by atoms with Gasteiger partial charge in [0, 0.05) is 0 Å². The molecular formula is C11H27NSi2Sr. The Morgan fingerprint density at radius 2 is 1.13 bits per heavy atom. The topological polar surface area (TPSA) is 14.1 Å². The molecule has 0 aromatic rings. The normalized spacial score (nSPS) is 16.4. The first-order valence-corrected chi connectivity index (χ1v) is 12.9. The first-order chi connectivity index (χ1) is 6.21. The number of hydrogen-bond acceptors (Lipinski definition) is 0. The van der Waals surface area contributed by atoms with Crippen molar-refractivity contribution in [2.45, 2.75) is 52.1 Å². The van der Waals surface area contributed by atoms with Gasteiger partial charge in [-0.15, -0.1) is 29.2 Å². The number of nitrogens with zero attached hydrogens (tertiary/aromatic N) is 1. The summed E-state index contributed by atoms with van der Waals surface area (Å²) in [5.74, 6) is 0. The van der Waals surface area contributed by atoms with Crippen LogP contribution in [0.1, 0.15) is 12.8 Å². The molecule has 0 spiro atoms. The Hall–Kier alpha value is 1.87. The fraction of sp³-hybridized carbons (Fsp3) is 0.909. The largest absolute Gasteiger partial charge is 2.00 e. The van der Waals surface area contributed by atoms with E-state index in [0.717, 1.165) is 13.1 Å². The summed E-state index contributed by atoms with van der Waals surface area (Å²) >= 11 is 0. The molecule has 0 aliphatic carbocycles. The molecule has 1 rings (SSSR count). The minimum absolute atomic E-state index is 0. The molecule has 0 radical (unpaired) electrons. The van der Waals surface area contributed by atoms with Crippen molar-refractivity contribution in [2.24, 2.45) is 0 Å². The Bertz CT molecular complexity index is 126. The molecular weight excluding hydrogens is 290 g/mol. The maximum atomic E-state index is 4.08.